The molecule has 1 aromatic heterocycles. The fourth-order valence-electron chi connectivity index (χ4n) is 2.37. The molecule has 0 bridgehead atoms. The number of para-hydroxylation sites is 1. The molecule has 25 heavy (non-hydrogen) atoms. The van der Waals surface area contributed by atoms with Crippen molar-refractivity contribution < 1.29 is 0 Å². The highest BCUT2D eigenvalue weighted by molar-refractivity contribution is 7.11. The molecule has 0 aliphatic rings. The lowest BCUT2D eigenvalue weighted by Gasteiger charge is -2.27. The number of aromatic nitrogens is 1. The third-order valence-corrected chi connectivity index (χ3v) is 5.18. The average molecular weight is 360 g/mol. The van der Waals surface area contributed by atoms with Gasteiger partial charge in [-0.1, -0.05) is 25.1 Å². The van der Waals surface area contributed by atoms with Crippen LogP contribution in [0.25, 0.3) is 0 Å². The van der Waals surface area contributed by atoms with Crippen molar-refractivity contribution in [1.29, 1.82) is 0 Å². The van der Waals surface area contributed by atoms with Gasteiger partial charge in [0.15, 0.2) is 5.96 Å². The van der Waals surface area contributed by atoms with Crippen molar-refractivity contribution in [2.24, 2.45) is 4.99 Å². The molecule has 1 atom stereocenters. The number of guanidine groups is 1. The minimum absolute atomic E-state index is 0.345. The lowest BCUT2D eigenvalue weighted by molar-refractivity contribution is 0.649. The number of hydrogen-bond acceptors (Lipinski definition) is 4. The maximum Gasteiger partial charge on any atom is 0.191 e. The van der Waals surface area contributed by atoms with Crippen molar-refractivity contribution in [3.63, 3.8) is 0 Å². The molecule has 6 heteroatoms. The summed E-state index contributed by atoms with van der Waals surface area (Å²) >= 11 is 1.74. The number of nitrogens with one attached hydrogen (secondary N) is 2. The van der Waals surface area contributed by atoms with E-state index < -0.39 is 0 Å². The number of aliphatic imine (C=N–C) groups is 1. The molecule has 5 nitrogen and oxygen atoms in total. The van der Waals surface area contributed by atoms with Crippen LogP contribution in [0.15, 0.2) is 41.5 Å². The number of benzene rings is 1. The molecule has 1 aromatic carbocycles. The molecule has 0 aliphatic carbocycles. The van der Waals surface area contributed by atoms with Gasteiger partial charge in [-0.2, -0.15) is 0 Å². The Labute approximate surface area is 155 Å². The summed E-state index contributed by atoms with van der Waals surface area (Å²) in [5, 5.41) is 7.80. The normalized spacial score (nSPS) is 12.7. The van der Waals surface area contributed by atoms with Gasteiger partial charge in [0.1, 0.15) is 5.01 Å². The molecule has 0 amide bonds. The molecule has 0 saturated heterocycles. The van der Waals surface area contributed by atoms with Crippen LogP contribution in [0, 0.1) is 0 Å². The number of hydrogen-bond donors (Lipinski definition) is 2. The Morgan fingerprint density at radius 1 is 1.24 bits per heavy atom. The van der Waals surface area contributed by atoms with E-state index in [0.717, 1.165) is 30.5 Å². The Bertz CT molecular complexity index is 653. The largest absolute Gasteiger partial charge is 0.370 e. The van der Waals surface area contributed by atoms with E-state index in [2.05, 4.69) is 77.6 Å². The van der Waals surface area contributed by atoms with Crippen LogP contribution in [0.5, 0.6) is 0 Å². The van der Waals surface area contributed by atoms with Crippen LogP contribution in [0.1, 0.15) is 30.7 Å². The van der Waals surface area contributed by atoms with E-state index in [1.165, 1.54) is 10.6 Å². The lowest BCUT2D eigenvalue weighted by Crippen LogP contribution is -2.45. The highest BCUT2D eigenvalue weighted by atomic mass is 32.1. The molecule has 2 N–H and O–H groups in total. The van der Waals surface area contributed by atoms with Gasteiger partial charge in [-0.05, 0) is 32.4 Å². The van der Waals surface area contributed by atoms with Gasteiger partial charge in [-0.15, -0.1) is 11.3 Å². The van der Waals surface area contributed by atoms with Gasteiger partial charge in [-0.25, -0.2) is 9.98 Å². The molecular formula is C19H29N5S. The molecule has 0 aliphatic heterocycles. The van der Waals surface area contributed by atoms with Crippen molar-refractivity contribution in [3.8, 4) is 0 Å². The summed E-state index contributed by atoms with van der Waals surface area (Å²) < 4.78 is 0. The zero-order chi connectivity index (χ0) is 18.1. The Hall–Kier alpha value is -2.08. The molecule has 0 saturated carbocycles. The monoisotopic (exact) mass is 359 g/mol. The zero-order valence-electron chi connectivity index (χ0n) is 15.6. The maximum atomic E-state index is 4.66. The Morgan fingerprint density at radius 2 is 2.00 bits per heavy atom. The zero-order valence-corrected chi connectivity index (χ0v) is 16.4. The molecular weight excluding hydrogens is 330 g/mol. The van der Waals surface area contributed by atoms with Crippen molar-refractivity contribution >= 4 is 23.0 Å². The van der Waals surface area contributed by atoms with Gasteiger partial charge >= 0.3 is 0 Å². The van der Waals surface area contributed by atoms with Gasteiger partial charge in [-0.3, -0.25) is 0 Å². The summed E-state index contributed by atoms with van der Waals surface area (Å²) in [5.74, 6) is 0.837. The van der Waals surface area contributed by atoms with Crippen molar-refractivity contribution in [2.75, 3.05) is 25.0 Å². The molecule has 136 valence electrons. The van der Waals surface area contributed by atoms with Gasteiger partial charge in [0, 0.05) is 42.9 Å². The summed E-state index contributed by atoms with van der Waals surface area (Å²) in [5.41, 5.74) is 1.22. The van der Waals surface area contributed by atoms with Crippen LogP contribution >= 0.6 is 11.3 Å². The van der Waals surface area contributed by atoms with Gasteiger partial charge in [0.05, 0.1) is 6.54 Å². The van der Waals surface area contributed by atoms with Crippen LogP contribution < -0.4 is 15.5 Å². The van der Waals surface area contributed by atoms with Crippen molar-refractivity contribution in [3.05, 3.63) is 46.4 Å². The lowest BCUT2D eigenvalue weighted by atomic mass is 10.2. The first kappa shape index (κ1) is 19.2. The SMILES string of the molecule is CCNC(=NCc1ncc(CC)s1)NCC(C)N(C)c1ccccc1. The minimum Gasteiger partial charge on any atom is -0.370 e. The second-order valence-corrected chi connectivity index (χ2v) is 7.15. The topological polar surface area (TPSA) is 52.6 Å². The third kappa shape index (κ3) is 6.05. The van der Waals surface area contributed by atoms with E-state index in [9.17, 15) is 0 Å². The van der Waals surface area contributed by atoms with Crippen molar-refractivity contribution in [1.82, 2.24) is 15.6 Å². The maximum absolute atomic E-state index is 4.66. The number of nitrogens with zero attached hydrogens (tertiary/aromatic N) is 3. The Kier molecular flexibility index (Phi) is 7.73. The van der Waals surface area contributed by atoms with Crippen molar-refractivity contribution in [2.45, 2.75) is 39.8 Å². The number of rotatable bonds is 8. The second kappa shape index (κ2) is 10.0. The van der Waals surface area contributed by atoms with Crippen LogP contribution in [0.4, 0.5) is 5.69 Å². The quantitative estimate of drug-likeness (QED) is 0.561. The number of thiazole rings is 1. The predicted molar refractivity (Wildman–Crippen MR) is 109 cm³/mol. The molecule has 2 rings (SSSR count). The molecule has 2 aromatic rings. The highest BCUT2D eigenvalue weighted by Gasteiger charge is 2.10. The fraction of sp³-hybridized carbons (Fsp3) is 0.474. The van der Waals surface area contributed by atoms with E-state index in [1.54, 1.807) is 11.3 Å². The van der Waals surface area contributed by atoms with Crippen LogP contribution in [0.2, 0.25) is 0 Å². The summed E-state index contributed by atoms with van der Waals surface area (Å²) in [4.78, 5) is 12.7. The smallest absolute Gasteiger partial charge is 0.191 e. The fourth-order valence-corrected chi connectivity index (χ4v) is 3.16. The second-order valence-electron chi connectivity index (χ2n) is 5.95. The van der Waals surface area contributed by atoms with Gasteiger partial charge in [0.25, 0.3) is 0 Å². The van der Waals surface area contributed by atoms with E-state index in [4.69, 9.17) is 0 Å². The number of aryl methyl sites for hydroxylation is 1. The van der Waals surface area contributed by atoms with E-state index in [0.29, 0.717) is 12.6 Å². The summed E-state index contributed by atoms with van der Waals surface area (Å²) in [6.07, 6.45) is 2.98. The minimum atomic E-state index is 0.345. The van der Waals surface area contributed by atoms with E-state index >= 15 is 0 Å². The average Bonchev–Trinajstić information content (AvgIpc) is 3.12. The van der Waals surface area contributed by atoms with Crippen LogP contribution in [-0.4, -0.2) is 37.1 Å². The van der Waals surface area contributed by atoms with Crippen LogP contribution in [-0.2, 0) is 13.0 Å². The molecule has 0 fully saturated rings. The summed E-state index contributed by atoms with van der Waals surface area (Å²) in [6.45, 7) is 8.70. The molecule has 0 spiro atoms. The van der Waals surface area contributed by atoms with Crippen LogP contribution in [0.3, 0.4) is 0 Å². The third-order valence-electron chi connectivity index (χ3n) is 4.06. The van der Waals surface area contributed by atoms with Gasteiger partial charge < -0.3 is 15.5 Å². The predicted octanol–water partition coefficient (Wildman–Crippen LogP) is 3.29. The summed E-state index contributed by atoms with van der Waals surface area (Å²) in [7, 11) is 2.12. The van der Waals surface area contributed by atoms with E-state index in [1.807, 2.05) is 12.3 Å². The summed E-state index contributed by atoms with van der Waals surface area (Å²) in [6, 6.07) is 10.8. The highest BCUT2D eigenvalue weighted by Crippen LogP contribution is 2.14. The number of likely N-dealkylation sites (N-methyl/N-ethyl adjacent to an activating group) is 1. The first-order chi connectivity index (χ1) is 12.1. The first-order valence-electron chi connectivity index (χ1n) is 8.87. The van der Waals surface area contributed by atoms with Gasteiger partial charge in [0.2, 0.25) is 0 Å². The molecule has 0 radical (unpaired) electrons. The standard InChI is InChI=1S/C19H29N5S/c1-5-17-13-21-18(25-17)14-23-19(20-6-2)22-12-15(3)24(4)16-10-8-7-9-11-16/h7-11,13,15H,5-6,12,14H2,1-4H3,(H2,20,22,23). The Morgan fingerprint density at radius 3 is 2.64 bits per heavy atom. The number of anilines is 1. The molecule has 1 unspecified atom stereocenters. The molecule has 1 heterocycles. The van der Waals surface area contributed by atoms with E-state index in [-0.39, 0.29) is 0 Å². The first-order valence-corrected chi connectivity index (χ1v) is 9.69. The Balaban J connectivity index is 1.90.